The lowest BCUT2D eigenvalue weighted by molar-refractivity contribution is -0.122. The molecule has 3 rings (SSSR count). The molecule has 0 saturated heterocycles. The van der Waals surface area contributed by atoms with Crippen molar-refractivity contribution in [1.29, 1.82) is 10.7 Å². The number of rotatable bonds is 5. The van der Waals surface area contributed by atoms with E-state index in [2.05, 4.69) is 4.98 Å². The maximum Gasteiger partial charge on any atom is 0.338 e. The molecule has 0 radical (unpaired) electrons. The average molecular weight is 394 g/mol. The summed E-state index contributed by atoms with van der Waals surface area (Å²) in [6, 6.07) is 6.23. The molecule has 8 heteroatoms. The second-order valence-electron chi connectivity index (χ2n) is 7.17. The van der Waals surface area contributed by atoms with E-state index in [1.54, 1.807) is 16.7 Å². The summed E-state index contributed by atoms with van der Waals surface area (Å²) in [7, 11) is 0. The molecule has 0 bridgehead atoms. The number of hydrogen-bond acceptors (Lipinski definition) is 7. The van der Waals surface area contributed by atoms with Crippen LogP contribution in [0.1, 0.15) is 48.8 Å². The molecule has 0 aliphatic carbocycles. The number of nitriles is 1. The van der Waals surface area contributed by atoms with Gasteiger partial charge in [-0.1, -0.05) is 12.8 Å². The van der Waals surface area contributed by atoms with E-state index in [-0.39, 0.29) is 16.8 Å². The lowest BCUT2D eigenvalue weighted by atomic mass is 10.0. The first-order valence-electron chi connectivity index (χ1n) is 9.60. The minimum atomic E-state index is -1.22. The van der Waals surface area contributed by atoms with Crippen molar-refractivity contribution < 1.29 is 14.3 Å². The number of benzene rings is 1. The third-order valence-electron chi connectivity index (χ3n) is 5.03. The van der Waals surface area contributed by atoms with Gasteiger partial charge in [-0.05, 0) is 38.0 Å². The lowest BCUT2D eigenvalue weighted by Crippen LogP contribution is -2.27. The van der Waals surface area contributed by atoms with Crippen LogP contribution < -0.4 is 5.56 Å². The van der Waals surface area contributed by atoms with Gasteiger partial charge in [-0.25, -0.2) is 9.78 Å². The van der Waals surface area contributed by atoms with Gasteiger partial charge in [0.15, 0.2) is 12.4 Å². The highest BCUT2D eigenvalue weighted by atomic mass is 16.5. The van der Waals surface area contributed by atoms with E-state index in [0.717, 1.165) is 31.5 Å². The SMILES string of the molecule is CC(=N)C(C#N)C(=O)COC(=O)c1ccc2c(=O)n3c(nc2c1)CCCCCC3. The standard InChI is InChI=1S/C21H22N4O4/c1-13(23)16(11-22)18(26)12-29-21(28)14-7-8-15-17(10-14)24-19-6-4-2-3-5-9-25(19)20(15)27/h7-8,10,16,23H,2-6,9,12H2,1H3. The molecule has 8 nitrogen and oxygen atoms in total. The van der Waals surface area contributed by atoms with Crippen LogP contribution in [0.15, 0.2) is 23.0 Å². The van der Waals surface area contributed by atoms with Crippen LogP contribution in [0.2, 0.25) is 0 Å². The molecule has 0 amide bonds. The fourth-order valence-electron chi connectivity index (χ4n) is 3.44. The largest absolute Gasteiger partial charge is 0.454 e. The molecule has 1 aliphatic heterocycles. The van der Waals surface area contributed by atoms with E-state index in [9.17, 15) is 14.4 Å². The van der Waals surface area contributed by atoms with Gasteiger partial charge in [0.1, 0.15) is 11.7 Å². The topological polar surface area (TPSA) is 126 Å². The number of carbonyl (C=O) groups excluding carboxylic acids is 2. The average Bonchev–Trinajstić information content (AvgIpc) is 2.67. The highest BCUT2D eigenvalue weighted by Crippen LogP contribution is 2.17. The Labute approximate surface area is 167 Å². The molecule has 0 fully saturated rings. The summed E-state index contributed by atoms with van der Waals surface area (Å²) in [6.45, 7) is 1.41. The van der Waals surface area contributed by atoms with Crippen molar-refractivity contribution in [2.45, 2.75) is 45.6 Å². The molecular weight excluding hydrogens is 372 g/mol. The van der Waals surface area contributed by atoms with Crippen molar-refractivity contribution in [2.75, 3.05) is 6.61 Å². The number of ketones is 1. The number of carbonyl (C=O) groups is 2. The Kier molecular flexibility index (Phi) is 6.17. The van der Waals surface area contributed by atoms with Crippen molar-refractivity contribution in [3.8, 4) is 6.07 Å². The van der Waals surface area contributed by atoms with Gasteiger partial charge >= 0.3 is 5.97 Å². The molecule has 1 unspecified atom stereocenters. The molecule has 1 aliphatic rings. The van der Waals surface area contributed by atoms with Crippen LogP contribution in [0.5, 0.6) is 0 Å². The van der Waals surface area contributed by atoms with Crippen molar-refractivity contribution in [1.82, 2.24) is 9.55 Å². The Morgan fingerprint density at radius 3 is 2.79 bits per heavy atom. The number of nitrogens with one attached hydrogen (secondary N) is 1. The molecule has 2 heterocycles. The summed E-state index contributed by atoms with van der Waals surface area (Å²) >= 11 is 0. The van der Waals surface area contributed by atoms with Gasteiger partial charge in [0.2, 0.25) is 0 Å². The van der Waals surface area contributed by atoms with Crippen LogP contribution in [0.4, 0.5) is 0 Å². The minimum absolute atomic E-state index is 0.0968. The molecule has 1 aromatic carbocycles. The summed E-state index contributed by atoms with van der Waals surface area (Å²) in [5.41, 5.74) is 0.390. The van der Waals surface area contributed by atoms with Crippen LogP contribution >= 0.6 is 0 Å². The number of Topliss-reactive ketones (excluding diaryl/α,β-unsaturated/α-hetero) is 1. The van der Waals surface area contributed by atoms with Gasteiger partial charge in [-0.2, -0.15) is 5.26 Å². The predicted octanol–water partition coefficient (Wildman–Crippen LogP) is 2.42. The van der Waals surface area contributed by atoms with Crippen LogP contribution in [-0.4, -0.2) is 33.6 Å². The minimum Gasteiger partial charge on any atom is -0.454 e. The van der Waals surface area contributed by atoms with E-state index >= 15 is 0 Å². The Hall–Kier alpha value is -3.34. The zero-order valence-electron chi connectivity index (χ0n) is 16.2. The zero-order chi connectivity index (χ0) is 21.0. The highest BCUT2D eigenvalue weighted by molar-refractivity contribution is 6.06. The molecule has 150 valence electrons. The molecule has 1 atom stereocenters. The van der Waals surface area contributed by atoms with Gasteiger partial charge in [-0.3, -0.25) is 14.2 Å². The smallest absolute Gasteiger partial charge is 0.338 e. The number of esters is 1. The number of hydrogen-bond donors (Lipinski definition) is 1. The number of fused-ring (bicyclic) bond motifs is 2. The normalized spacial score (nSPS) is 14.8. The van der Waals surface area contributed by atoms with Gasteiger partial charge in [-0.15, -0.1) is 0 Å². The molecule has 2 aromatic rings. The second kappa shape index (κ2) is 8.78. The fraction of sp³-hybridized carbons (Fsp3) is 0.429. The Bertz CT molecular complexity index is 1080. The number of aryl methyl sites for hydroxylation is 1. The van der Waals surface area contributed by atoms with E-state index in [1.165, 1.54) is 19.1 Å². The molecule has 0 spiro atoms. The maximum atomic E-state index is 12.8. The molecular formula is C21H22N4O4. The second-order valence-corrected chi connectivity index (χ2v) is 7.17. The third-order valence-corrected chi connectivity index (χ3v) is 5.03. The lowest BCUT2D eigenvalue weighted by Gasteiger charge is -2.16. The van der Waals surface area contributed by atoms with Crippen molar-refractivity contribution in [3.05, 3.63) is 39.9 Å². The van der Waals surface area contributed by atoms with Crippen LogP contribution in [0.25, 0.3) is 10.9 Å². The third kappa shape index (κ3) is 4.40. The van der Waals surface area contributed by atoms with Crippen LogP contribution in [0.3, 0.4) is 0 Å². The van der Waals surface area contributed by atoms with Gasteiger partial charge in [0, 0.05) is 18.7 Å². The monoisotopic (exact) mass is 394 g/mol. The summed E-state index contributed by atoms with van der Waals surface area (Å²) in [5.74, 6) is -1.89. The van der Waals surface area contributed by atoms with Gasteiger partial charge in [0.25, 0.3) is 5.56 Å². The first-order valence-corrected chi connectivity index (χ1v) is 9.60. The molecule has 1 N–H and O–H groups in total. The van der Waals surface area contributed by atoms with Crippen molar-refractivity contribution >= 4 is 28.4 Å². The molecule has 0 saturated carbocycles. The van der Waals surface area contributed by atoms with Crippen molar-refractivity contribution in [2.24, 2.45) is 5.92 Å². The Morgan fingerprint density at radius 2 is 2.07 bits per heavy atom. The molecule has 1 aromatic heterocycles. The maximum absolute atomic E-state index is 12.8. The van der Waals surface area contributed by atoms with Crippen molar-refractivity contribution in [3.63, 3.8) is 0 Å². The number of ether oxygens (including phenoxy) is 1. The summed E-state index contributed by atoms with van der Waals surface area (Å²) in [4.78, 5) is 41.7. The quantitative estimate of drug-likeness (QED) is 0.613. The highest BCUT2D eigenvalue weighted by Gasteiger charge is 2.22. The zero-order valence-corrected chi connectivity index (χ0v) is 16.2. The first kappa shape index (κ1) is 20.4. The first-order chi connectivity index (χ1) is 13.9. The Balaban J connectivity index is 1.84. The number of aromatic nitrogens is 2. The Morgan fingerprint density at radius 1 is 1.31 bits per heavy atom. The molecule has 29 heavy (non-hydrogen) atoms. The number of nitrogens with zero attached hydrogens (tertiary/aromatic N) is 3. The van der Waals surface area contributed by atoms with Crippen LogP contribution in [-0.2, 0) is 22.5 Å². The summed E-state index contributed by atoms with van der Waals surface area (Å²) < 4.78 is 6.73. The van der Waals surface area contributed by atoms with Crippen LogP contribution in [0, 0.1) is 22.7 Å². The van der Waals surface area contributed by atoms with E-state index in [4.69, 9.17) is 15.4 Å². The van der Waals surface area contributed by atoms with Gasteiger partial charge in [0.05, 0.1) is 22.5 Å². The fourth-order valence-corrected chi connectivity index (χ4v) is 3.44. The van der Waals surface area contributed by atoms with E-state index < -0.39 is 24.3 Å². The summed E-state index contributed by atoms with van der Waals surface area (Å²) in [5, 5.41) is 16.8. The predicted molar refractivity (Wildman–Crippen MR) is 106 cm³/mol. The van der Waals surface area contributed by atoms with E-state index in [1.807, 2.05) is 0 Å². The van der Waals surface area contributed by atoms with Gasteiger partial charge < -0.3 is 10.1 Å². The van der Waals surface area contributed by atoms with E-state index in [0.29, 0.717) is 23.9 Å². The summed E-state index contributed by atoms with van der Waals surface area (Å²) in [6.07, 6.45) is 4.82.